The van der Waals surface area contributed by atoms with Gasteiger partial charge in [-0.1, -0.05) is 19.3 Å². The summed E-state index contributed by atoms with van der Waals surface area (Å²) in [5.41, 5.74) is 0.667. The van der Waals surface area contributed by atoms with Crippen LogP contribution in [0.2, 0.25) is 0 Å². The number of carbonyl (C=O) groups excluding carboxylic acids is 2. The van der Waals surface area contributed by atoms with Gasteiger partial charge in [0.1, 0.15) is 5.75 Å². The molecular weight excluding hydrogens is 282 g/mol. The molecule has 0 unspecified atom stereocenters. The number of amides is 3. The van der Waals surface area contributed by atoms with Crippen LogP contribution in [0.25, 0.3) is 0 Å². The Balaban J connectivity index is 1.68. The fourth-order valence-electron chi connectivity index (χ4n) is 2.52. The van der Waals surface area contributed by atoms with Crippen molar-refractivity contribution in [3.05, 3.63) is 24.3 Å². The Morgan fingerprint density at radius 1 is 1.14 bits per heavy atom. The van der Waals surface area contributed by atoms with Crippen LogP contribution in [0.5, 0.6) is 5.75 Å². The van der Waals surface area contributed by atoms with Gasteiger partial charge in [0, 0.05) is 11.7 Å². The van der Waals surface area contributed by atoms with E-state index in [4.69, 9.17) is 4.74 Å². The number of benzene rings is 1. The lowest BCUT2D eigenvalue weighted by molar-refractivity contribution is -0.115. The zero-order chi connectivity index (χ0) is 15.8. The molecular formula is C16H23N3O3. The van der Waals surface area contributed by atoms with E-state index >= 15 is 0 Å². The molecule has 3 amide bonds. The molecule has 0 heterocycles. The van der Waals surface area contributed by atoms with Crippen LogP contribution in [-0.2, 0) is 4.79 Å². The first-order valence-corrected chi connectivity index (χ1v) is 7.65. The summed E-state index contributed by atoms with van der Waals surface area (Å²) in [4.78, 5) is 23.5. The summed E-state index contributed by atoms with van der Waals surface area (Å²) in [6.07, 6.45) is 5.59. The second-order valence-electron chi connectivity index (χ2n) is 5.44. The zero-order valence-electron chi connectivity index (χ0n) is 12.9. The van der Waals surface area contributed by atoms with Gasteiger partial charge in [0.05, 0.1) is 13.7 Å². The van der Waals surface area contributed by atoms with E-state index in [0.717, 1.165) is 31.4 Å². The summed E-state index contributed by atoms with van der Waals surface area (Å²) in [6, 6.07) is 6.98. The van der Waals surface area contributed by atoms with Crippen LogP contribution in [0.4, 0.5) is 10.5 Å². The van der Waals surface area contributed by atoms with Crippen molar-refractivity contribution in [2.75, 3.05) is 19.0 Å². The maximum Gasteiger partial charge on any atom is 0.315 e. The predicted octanol–water partition coefficient (Wildman–Crippen LogP) is 2.27. The number of hydrogen-bond acceptors (Lipinski definition) is 3. The molecule has 6 nitrogen and oxygen atoms in total. The zero-order valence-corrected chi connectivity index (χ0v) is 12.9. The molecule has 1 aromatic rings. The summed E-state index contributed by atoms with van der Waals surface area (Å²) in [5, 5.41) is 8.21. The molecule has 6 heteroatoms. The van der Waals surface area contributed by atoms with Crippen LogP contribution < -0.4 is 20.7 Å². The SMILES string of the molecule is COc1ccc(NC(=O)CNC(=O)NC2CCCCC2)cc1. The minimum Gasteiger partial charge on any atom is -0.497 e. The molecule has 0 bridgehead atoms. The molecule has 1 aromatic carbocycles. The quantitative estimate of drug-likeness (QED) is 0.780. The molecule has 120 valence electrons. The first-order valence-electron chi connectivity index (χ1n) is 7.65. The van der Waals surface area contributed by atoms with Gasteiger partial charge in [0.25, 0.3) is 0 Å². The Labute approximate surface area is 130 Å². The highest BCUT2D eigenvalue weighted by molar-refractivity contribution is 5.94. The van der Waals surface area contributed by atoms with Gasteiger partial charge in [-0.3, -0.25) is 4.79 Å². The standard InChI is InChI=1S/C16H23N3O3/c1-22-14-9-7-13(8-10-14)18-15(20)11-17-16(21)19-12-5-3-2-4-6-12/h7-10,12H,2-6,11H2,1H3,(H,18,20)(H2,17,19,21). The molecule has 0 spiro atoms. The van der Waals surface area contributed by atoms with Crippen molar-refractivity contribution in [1.29, 1.82) is 0 Å². The van der Waals surface area contributed by atoms with Gasteiger partial charge >= 0.3 is 6.03 Å². The predicted molar refractivity (Wildman–Crippen MR) is 85.0 cm³/mol. The minimum atomic E-state index is -0.281. The molecule has 2 rings (SSSR count). The van der Waals surface area contributed by atoms with E-state index < -0.39 is 0 Å². The molecule has 1 aliphatic carbocycles. The molecule has 0 radical (unpaired) electrons. The molecule has 0 atom stereocenters. The van der Waals surface area contributed by atoms with Crippen LogP contribution in [0, 0.1) is 0 Å². The van der Waals surface area contributed by atoms with Crippen molar-refractivity contribution in [2.45, 2.75) is 38.1 Å². The van der Waals surface area contributed by atoms with Crippen LogP contribution in [0.1, 0.15) is 32.1 Å². The lowest BCUT2D eigenvalue weighted by Crippen LogP contribution is -2.45. The first kappa shape index (κ1) is 16.1. The molecule has 1 aliphatic rings. The fraction of sp³-hybridized carbons (Fsp3) is 0.500. The Morgan fingerprint density at radius 2 is 1.82 bits per heavy atom. The normalized spacial score (nSPS) is 15.0. The van der Waals surface area contributed by atoms with Crippen LogP contribution in [-0.4, -0.2) is 31.6 Å². The second kappa shape index (κ2) is 8.26. The average molecular weight is 305 g/mol. The highest BCUT2D eigenvalue weighted by Gasteiger charge is 2.15. The van der Waals surface area contributed by atoms with E-state index in [1.54, 1.807) is 31.4 Å². The maximum absolute atomic E-state index is 11.8. The lowest BCUT2D eigenvalue weighted by Gasteiger charge is -2.22. The second-order valence-corrected chi connectivity index (χ2v) is 5.44. The maximum atomic E-state index is 11.8. The third kappa shape index (κ3) is 5.27. The molecule has 22 heavy (non-hydrogen) atoms. The first-order chi connectivity index (χ1) is 10.7. The van der Waals surface area contributed by atoms with E-state index in [2.05, 4.69) is 16.0 Å². The highest BCUT2D eigenvalue weighted by atomic mass is 16.5. The number of nitrogens with one attached hydrogen (secondary N) is 3. The summed E-state index contributed by atoms with van der Waals surface area (Å²) in [7, 11) is 1.59. The van der Waals surface area contributed by atoms with Crippen molar-refractivity contribution in [3.8, 4) is 5.75 Å². The summed E-state index contributed by atoms with van der Waals surface area (Å²) >= 11 is 0. The van der Waals surface area contributed by atoms with Gasteiger partial charge < -0.3 is 20.7 Å². The van der Waals surface area contributed by atoms with Crippen LogP contribution >= 0.6 is 0 Å². The Bertz CT molecular complexity index is 496. The molecule has 3 N–H and O–H groups in total. The third-order valence-corrected chi connectivity index (χ3v) is 3.72. The Hall–Kier alpha value is -2.24. The smallest absolute Gasteiger partial charge is 0.315 e. The average Bonchev–Trinajstić information content (AvgIpc) is 2.55. The minimum absolute atomic E-state index is 0.0510. The monoisotopic (exact) mass is 305 g/mol. The van der Waals surface area contributed by atoms with E-state index in [1.165, 1.54) is 6.42 Å². The van der Waals surface area contributed by atoms with E-state index in [1.807, 2.05) is 0 Å². The number of anilines is 1. The molecule has 1 saturated carbocycles. The Kier molecular flexibility index (Phi) is 6.06. The molecule has 1 fully saturated rings. The van der Waals surface area contributed by atoms with Gasteiger partial charge in [-0.05, 0) is 37.1 Å². The van der Waals surface area contributed by atoms with Crippen molar-refractivity contribution in [1.82, 2.24) is 10.6 Å². The fourth-order valence-corrected chi connectivity index (χ4v) is 2.52. The van der Waals surface area contributed by atoms with Crippen molar-refractivity contribution < 1.29 is 14.3 Å². The van der Waals surface area contributed by atoms with Gasteiger partial charge in [-0.15, -0.1) is 0 Å². The topological polar surface area (TPSA) is 79.5 Å². The van der Waals surface area contributed by atoms with E-state index in [9.17, 15) is 9.59 Å². The Morgan fingerprint density at radius 3 is 2.45 bits per heavy atom. The van der Waals surface area contributed by atoms with Crippen molar-refractivity contribution in [2.24, 2.45) is 0 Å². The van der Waals surface area contributed by atoms with Crippen LogP contribution in [0.15, 0.2) is 24.3 Å². The van der Waals surface area contributed by atoms with E-state index in [-0.39, 0.29) is 24.5 Å². The number of ether oxygens (including phenoxy) is 1. The largest absolute Gasteiger partial charge is 0.497 e. The summed E-state index contributed by atoms with van der Waals surface area (Å²) < 4.78 is 5.05. The van der Waals surface area contributed by atoms with Crippen molar-refractivity contribution in [3.63, 3.8) is 0 Å². The highest BCUT2D eigenvalue weighted by Crippen LogP contribution is 2.17. The molecule has 0 aliphatic heterocycles. The van der Waals surface area contributed by atoms with Gasteiger partial charge in [0.15, 0.2) is 0 Å². The number of rotatable bonds is 5. The molecule has 0 aromatic heterocycles. The van der Waals surface area contributed by atoms with Gasteiger partial charge in [0.2, 0.25) is 5.91 Å². The van der Waals surface area contributed by atoms with Crippen LogP contribution in [0.3, 0.4) is 0 Å². The number of methoxy groups -OCH3 is 1. The third-order valence-electron chi connectivity index (χ3n) is 3.72. The molecule has 0 saturated heterocycles. The van der Waals surface area contributed by atoms with Gasteiger partial charge in [-0.2, -0.15) is 0 Å². The number of hydrogen-bond donors (Lipinski definition) is 3. The summed E-state index contributed by atoms with van der Waals surface area (Å²) in [5.74, 6) is 0.465. The van der Waals surface area contributed by atoms with E-state index in [0.29, 0.717) is 5.69 Å². The van der Waals surface area contributed by atoms with Gasteiger partial charge in [-0.25, -0.2) is 4.79 Å². The number of urea groups is 1. The van der Waals surface area contributed by atoms with Crippen molar-refractivity contribution >= 4 is 17.6 Å². The summed E-state index contributed by atoms with van der Waals surface area (Å²) in [6.45, 7) is -0.0510. The lowest BCUT2D eigenvalue weighted by atomic mass is 9.96. The number of carbonyl (C=O) groups is 2.